The van der Waals surface area contributed by atoms with Crippen LogP contribution in [0.15, 0.2) is 0 Å². The van der Waals surface area contributed by atoms with Crippen LogP contribution in [0.3, 0.4) is 0 Å². The van der Waals surface area contributed by atoms with Crippen molar-refractivity contribution in [3.8, 4) is 12.3 Å². The van der Waals surface area contributed by atoms with E-state index >= 15 is 0 Å². The highest BCUT2D eigenvalue weighted by molar-refractivity contribution is 5.74. The molecule has 10 heavy (non-hydrogen) atoms. The van der Waals surface area contributed by atoms with Crippen LogP contribution in [-0.4, -0.2) is 12.5 Å². The second-order valence-corrected chi connectivity index (χ2v) is 1.66. The fourth-order valence-electron chi connectivity index (χ4n) is 0.389. The zero-order valence-corrected chi connectivity index (χ0v) is 6.02. The van der Waals surface area contributed by atoms with Crippen LogP contribution in [0.1, 0.15) is 19.8 Å². The van der Waals surface area contributed by atoms with E-state index in [1.807, 2.05) is 0 Å². The maximum absolute atomic E-state index is 10.6. The Labute approximate surface area is 60.7 Å². The van der Waals surface area contributed by atoms with Gasteiger partial charge in [-0.1, -0.05) is 0 Å². The van der Waals surface area contributed by atoms with Crippen LogP contribution >= 0.6 is 0 Å². The second kappa shape index (κ2) is 6.12. The van der Waals surface area contributed by atoms with E-state index in [-0.39, 0.29) is 5.91 Å². The van der Waals surface area contributed by atoms with Gasteiger partial charge in [-0.05, 0) is 6.92 Å². The van der Waals surface area contributed by atoms with Crippen LogP contribution in [0.2, 0.25) is 0 Å². The van der Waals surface area contributed by atoms with Crippen molar-refractivity contribution in [2.75, 3.05) is 6.61 Å². The van der Waals surface area contributed by atoms with Gasteiger partial charge in [-0.2, -0.15) is 0 Å². The molecule has 1 N–H and O–H groups in total. The smallest absolute Gasteiger partial charge is 0.244 e. The first kappa shape index (κ1) is 8.99. The van der Waals surface area contributed by atoms with Crippen LogP contribution in [0.4, 0.5) is 0 Å². The molecule has 0 aliphatic rings. The van der Waals surface area contributed by atoms with Crippen molar-refractivity contribution in [2.24, 2.45) is 0 Å². The molecular weight excluding hydrogens is 130 g/mol. The highest BCUT2D eigenvalue weighted by Gasteiger charge is 1.96. The molecule has 0 aromatic heterocycles. The molecule has 0 spiro atoms. The van der Waals surface area contributed by atoms with Gasteiger partial charge in [0.2, 0.25) is 5.91 Å². The largest absolute Gasteiger partial charge is 0.274 e. The Morgan fingerprint density at radius 2 is 2.50 bits per heavy atom. The van der Waals surface area contributed by atoms with E-state index in [4.69, 9.17) is 6.42 Å². The quantitative estimate of drug-likeness (QED) is 0.456. The van der Waals surface area contributed by atoms with Crippen molar-refractivity contribution in [1.82, 2.24) is 5.48 Å². The molecule has 0 atom stereocenters. The van der Waals surface area contributed by atoms with Gasteiger partial charge in [0, 0.05) is 12.8 Å². The lowest BCUT2D eigenvalue weighted by molar-refractivity contribution is -0.133. The fourth-order valence-corrected chi connectivity index (χ4v) is 0.389. The summed E-state index contributed by atoms with van der Waals surface area (Å²) in [6, 6.07) is 0. The van der Waals surface area contributed by atoms with Gasteiger partial charge in [-0.3, -0.25) is 9.63 Å². The van der Waals surface area contributed by atoms with Crippen molar-refractivity contribution < 1.29 is 9.63 Å². The summed E-state index contributed by atoms with van der Waals surface area (Å²) in [7, 11) is 0. The minimum absolute atomic E-state index is 0.167. The normalized spacial score (nSPS) is 8.40. The molecule has 0 heterocycles. The zero-order valence-electron chi connectivity index (χ0n) is 6.02. The summed E-state index contributed by atoms with van der Waals surface area (Å²) in [6.07, 6.45) is 5.72. The van der Waals surface area contributed by atoms with Crippen molar-refractivity contribution in [3.05, 3.63) is 0 Å². The monoisotopic (exact) mass is 141 g/mol. The Bertz CT molecular complexity index is 137. The molecule has 0 radical (unpaired) electrons. The third kappa shape index (κ3) is 5.13. The number of carbonyl (C=O) groups excluding carboxylic acids is 1. The van der Waals surface area contributed by atoms with Gasteiger partial charge in [0.1, 0.15) is 0 Å². The maximum Gasteiger partial charge on any atom is 0.244 e. The minimum Gasteiger partial charge on any atom is -0.274 e. The highest BCUT2D eigenvalue weighted by Crippen LogP contribution is 1.84. The number of hydrogen-bond donors (Lipinski definition) is 1. The standard InChI is InChI=1S/C7H11NO2/c1-3-5-6-7(9)8-10-4-2/h1H,4-6H2,2H3,(H,8,9). The highest BCUT2D eigenvalue weighted by atomic mass is 16.6. The van der Waals surface area contributed by atoms with Crippen LogP contribution in [0.25, 0.3) is 0 Å². The van der Waals surface area contributed by atoms with Gasteiger partial charge in [0.05, 0.1) is 6.61 Å². The summed E-state index contributed by atoms with van der Waals surface area (Å²) in [5, 5.41) is 0. The van der Waals surface area contributed by atoms with Crippen LogP contribution in [-0.2, 0) is 9.63 Å². The molecule has 0 saturated heterocycles. The molecule has 3 nitrogen and oxygen atoms in total. The summed E-state index contributed by atoms with van der Waals surface area (Å²) in [6.45, 7) is 2.27. The molecule has 3 heteroatoms. The number of nitrogens with one attached hydrogen (secondary N) is 1. The Kier molecular flexibility index (Phi) is 5.50. The summed E-state index contributed by atoms with van der Waals surface area (Å²) in [5.41, 5.74) is 2.23. The number of carbonyl (C=O) groups is 1. The number of terminal acetylenes is 1. The predicted molar refractivity (Wildman–Crippen MR) is 37.8 cm³/mol. The topological polar surface area (TPSA) is 38.3 Å². The molecule has 0 fully saturated rings. The molecule has 0 aromatic carbocycles. The first-order valence-corrected chi connectivity index (χ1v) is 3.15. The van der Waals surface area contributed by atoms with E-state index in [0.29, 0.717) is 19.4 Å². The first-order valence-electron chi connectivity index (χ1n) is 3.15. The van der Waals surface area contributed by atoms with Crippen LogP contribution < -0.4 is 5.48 Å². The molecule has 1 amide bonds. The Balaban J connectivity index is 3.19. The van der Waals surface area contributed by atoms with E-state index in [0.717, 1.165) is 0 Å². The number of hydroxylamine groups is 1. The van der Waals surface area contributed by atoms with Gasteiger partial charge in [0.15, 0.2) is 0 Å². The molecular formula is C7H11NO2. The Morgan fingerprint density at radius 3 is 3.00 bits per heavy atom. The van der Waals surface area contributed by atoms with Crippen molar-refractivity contribution in [2.45, 2.75) is 19.8 Å². The average Bonchev–Trinajstić information content (AvgIpc) is 1.97. The van der Waals surface area contributed by atoms with E-state index in [1.165, 1.54) is 0 Å². The lowest BCUT2D eigenvalue weighted by Gasteiger charge is -1.99. The first-order chi connectivity index (χ1) is 4.81. The molecule has 0 aliphatic carbocycles. The maximum atomic E-state index is 10.6. The molecule has 0 saturated carbocycles. The molecule has 0 aromatic rings. The van der Waals surface area contributed by atoms with E-state index in [1.54, 1.807) is 6.92 Å². The molecule has 0 bridgehead atoms. The van der Waals surface area contributed by atoms with Crippen molar-refractivity contribution >= 4 is 5.91 Å². The van der Waals surface area contributed by atoms with Gasteiger partial charge < -0.3 is 0 Å². The Morgan fingerprint density at radius 1 is 1.80 bits per heavy atom. The van der Waals surface area contributed by atoms with E-state index < -0.39 is 0 Å². The van der Waals surface area contributed by atoms with E-state index in [9.17, 15) is 4.79 Å². The van der Waals surface area contributed by atoms with Gasteiger partial charge >= 0.3 is 0 Å². The van der Waals surface area contributed by atoms with Crippen LogP contribution in [0.5, 0.6) is 0 Å². The van der Waals surface area contributed by atoms with Crippen molar-refractivity contribution in [3.63, 3.8) is 0 Å². The lowest BCUT2D eigenvalue weighted by Crippen LogP contribution is -2.22. The van der Waals surface area contributed by atoms with Gasteiger partial charge in [-0.25, -0.2) is 5.48 Å². The Hall–Kier alpha value is -1.01. The summed E-state index contributed by atoms with van der Waals surface area (Å²) in [4.78, 5) is 15.3. The third-order valence-corrected chi connectivity index (χ3v) is 0.827. The minimum atomic E-state index is -0.167. The van der Waals surface area contributed by atoms with Gasteiger partial charge in [0.25, 0.3) is 0 Å². The zero-order chi connectivity index (χ0) is 7.82. The third-order valence-electron chi connectivity index (χ3n) is 0.827. The lowest BCUT2D eigenvalue weighted by atomic mass is 10.3. The number of hydrogen-bond acceptors (Lipinski definition) is 2. The second-order valence-electron chi connectivity index (χ2n) is 1.66. The molecule has 0 unspecified atom stereocenters. The van der Waals surface area contributed by atoms with Crippen molar-refractivity contribution in [1.29, 1.82) is 0 Å². The molecule has 56 valence electrons. The number of rotatable bonds is 4. The van der Waals surface area contributed by atoms with E-state index in [2.05, 4.69) is 16.2 Å². The number of amides is 1. The average molecular weight is 141 g/mol. The molecule has 0 aliphatic heterocycles. The SMILES string of the molecule is C#CCCC(=O)NOCC. The molecule has 0 rings (SSSR count). The predicted octanol–water partition coefficient (Wildman–Crippen LogP) is 0.467. The fraction of sp³-hybridized carbons (Fsp3) is 0.571. The van der Waals surface area contributed by atoms with Gasteiger partial charge in [-0.15, -0.1) is 12.3 Å². The summed E-state index contributed by atoms with van der Waals surface area (Å²) < 4.78 is 0. The summed E-state index contributed by atoms with van der Waals surface area (Å²) >= 11 is 0. The summed E-state index contributed by atoms with van der Waals surface area (Å²) in [5.74, 6) is 2.19. The van der Waals surface area contributed by atoms with Crippen LogP contribution in [0, 0.1) is 12.3 Å².